The molecular formula is C25H27F3N2O5. The van der Waals surface area contributed by atoms with Crippen molar-refractivity contribution >= 4 is 18.0 Å². The predicted molar refractivity (Wildman–Crippen MR) is 122 cm³/mol. The van der Waals surface area contributed by atoms with E-state index in [9.17, 15) is 27.6 Å². The molecule has 2 amide bonds. The van der Waals surface area contributed by atoms with Gasteiger partial charge < -0.3 is 20.5 Å². The molecule has 188 valence electrons. The van der Waals surface area contributed by atoms with Gasteiger partial charge in [0.05, 0.1) is 6.42 Å². The van der Waals surface area contributed by atoms with Gasteiger partial charge in [-0.15, -0.1) is 0 Å². The van der Waals surface area contributed by atoms with Crippen LogP contribution in [0.1, 0.15) is 43.2 Å². The molecule has 3 N–H and O–H groups in total. The van der Waals surface area contributed by atoms with Crippen molar-refractivity contribution in [3.63, 3.8) is 0 Å². The number of benzene rings is 2. The van der Waals surface area contributed by atoms with Crippen LogP contribution in [0.2, 0.25) is 0 Å². The number of hydrogen-bond acceptors (Lipinski definition) is 4. The smallest absolute Gasteiger partial charge is 0.409 e. The largest absolute Gasteiger partial charge is 0.481 e. The molecule has 2 aromatic carbocycles. The van der Waals surface area contributed by atoms with Gasteiger partial charge >= 0.3 is 18.2 Å². The van der Waals surface area contributed by atoms with Gasteiger partial charge in [-0.05, 0) is 28.2 Å². The van der Waals surface area contributed by atoms with E-state index in [0.29, 0.717) is 6.42 Å². The molecule has 0 saturated carbocycles. The fraction of sp³-hybridized carbons (Fsp3) is 0.400. The Balaban J connectivity index is 1.51. The Morgan fingerprint density at radius 2 is 1.57 bits per heavy atom. The summed E-state index contributed by atoms with van der Waals surface area (Å²) in [5.74, 6) is -3.17. The average molecular weight is 492 g/mol. The number of ether oxygens (including phenoxy) is 1. The minimum atomic E-state index is -4.88. The van der Waals surface area contributed by atoms with Crippen LogP contribution in [0.15, 0.2) is 48.5 Å². The summed E-state index contributed by atoms with van der Waals surface area (Å²) >= 11 is 0. The van der Waals surface area contributed by atoms with Crippen LogP contribution in [0.3, 0.4) is 0 Å². The number of halogens is 3. The van der Waals surface area contributed by atoms with E-state index in [1.165, 1.54) is 0 Å². The van der Waals surface area contributed by atoms with Crippen LogP contribution < -0.4 is 10.6 Å². The van der Waals surface area contributed by atoms with Gasteiger partial charge in [-0.1, -0.05) is 61.9 Å². The normalized spacial score (nSPS) is 14.4. The molecule has 3 rings (SSSR count). The van der Waals surface area contributed by atoms with Gasteiger partial charge in [0, 0.05) is 18.9 Å². The zero-order valence-corrected chi connectivity index (χ0v) is 19.1. The van der Waals surface area contributed by atoms with E-state index in [0.717, 1.165) is 22.3 Å². The third-order valence-electron chi connectivity index (χ3n) is 6.04. The second-order valence-electron chi connectivity index (χ2n) is 8.44. The lowest BCUT2D eigenvalue weighted by Gasteiger charge is -2.22. The first kappa shape index (κ1) is 26.1. The van der Waals surface area contributed by atoms with Gasteiger partial charge in [-0.3, -0.25) is 9.59 Å². The summed E-state index contributed by atoms with van der Waals surface area (Å²) in [6.07, 6.45) is -6.72. The third-order valence-corrected chi connectivity index (χ3v) is 6.04. The lowest BCUT2D eigenvalue weighted by atomic mass is 9.98. The molecule has 2 aromatic rings. The molecule has 0 aromatic heterocycles. The molecule has 10 heteroatoms. The Morgan fingerprint density at radius 3 is 2.09 bits per heavy atom. The van der Waals surface area contributed by atoms with Crippen molar-refractivity contribution in [2.24, 2.45) is 5.92 Å². The molecular weight excluding hydrogens is 465 g/mol. The second-order valence-corrected chi connectivity index (χ2v) is 8.44. The average Bonchev–Trinajstić information content (AvgIpc) is 3.13. The summed E-state index contributed by atoms with van der Waals surface area (Å²) in [6, 6.07) is 13.3. The first-order valence-corrected chi connectivity index (χ1v) is 11.3. The van der Waals surface area contributed by atoms with Gasteiger partial charge in [0.1, 0.15) is 12.6 Å². The fourth-order valence-electron chi connectivity index (χ4n) is 4.18. The van der Waals surface area contributed by atoms with Crippen LogP contribution in [0.25, 0.3) is 11.1 Å². The van der Waals surface area contributed by atoms with Gasteiger partial charge in [0.25, 0.3) is 0 Å². The Kier molecular flexibility index (Phi) is 8.37. The molecule has 0 saturated heterocycles. The quantitative estimate of drug-likeness (QED) is 0.454. The van der Waals surface area contributed by atoms with Crippen molar-refractivity contribution < 1.29 is 37.4 Å². The van der Waals surface area contributed by atoms with Crippen LogP contribution in [0.4, 0.5) is 18.0 Å². The number of alkyl carbamates (subject to hydrolysis) is 1. The van der Waals surface area contributed by atoms with E-state index in [4.69, 9.17) is 9.84 Å². The second kappa shape index (κ2) is 11.2. The highest BCUT2D eigenvalue weighted by atomic mass is 19.4. The lowest BCUT2D eigenvalue weighted by molar-refractivity contribution is -0.170. The maximum Gasteiger partial charge on any atom is 0.409 e. The number of aliphatic carboxylic acids is 1. The minimum absolute atomic E-state index is 0.0240. The number of hydrogen-bond donors (Lipinski definition) is 3. The van der Waals surface area contributed by atoms with Crippen LogP contribution >= 0.6 is 0 Å². The Bertz CT molecular complexity index is 1030. The number of carboxylic acid groups (broad SMARTS) is 1. The highest BCUT2D eigenvalue weighted by Crippen LogP contribution is 2.44. The SMILES string of the molecule is CCC(CNC(=O)OCC1c2ccccc2-c2ccccc21)CC(=O)NC(CC(=O)O)C(F)(F)F. The summed E-state index contributed by atoms with van der Waals surface area (Å²) in [7, 11) is 0. The zero-order valence-electron chi connectivity index (χ0n) is 19.1. The number of carbonyl (C=O) groups excluding carboxylic acids is 2. The van der Waals surface area contributed by atoms with Crippen molar-refractivity contribution in [2.75, 3.05) is 13.2 Å². The molecule has 0 radical (unpaired) electrons. The molecule has 2 atom stereocenters. The highest BCUT2D eigenvalue weighted by Gasteiger charge is 2.42. The first-order chi connectivity index (χ1) is 16.6. The number of rotatable bonds is 10. The summed E-state index contributed by atoms with van der Waals surface area (Å²) in [4.78, 5) is 35.1. The lowest BCUT2D eigenvalue weighted by Crippen LogP contribution is -2.47. The monoisotopic (exact) mass is 492 g/mol. The molecule has 7 nitrogen and oxygen atoms in total. The molecule has 35 heavy (non-hydrogen) atoms. The molecule has 2 unspecified atom stereocenters. The van der Waals surface area contributed by atoms with Crippen LogP contribution in [0.5, 0.6) is 0 Å². The highest BCUT2D eigenvalue weighted by molar-refractivity contribution is 5.79. The summed E-state index contributed by atoms with van der Waals surface area (Å²) in [5, 5.41) is 13.0. The fourth-order valence-corrected chi connectivity index (χ4v) is 4.18. The van der Waals surface area contributed by atoms with Crippen molar-refractivity contribution in [3.8, 4) is 11.1 Å². The van der Waals surface area contributed by atoms with E-state index in [-0.39, 0.29) is 25.5 Å². The zero-order chi connectivity index (χ0) is 25.6. The van der Waals surface area contributed by atoms with Crippen molar-refractivity contribution in [1.29, 1.82) is 0 Å². The Labute approximate surface area is 200 Å². The Hall–Kier alpha value is -3.56. The summed E-state index contributed by atoms with van der Waals surface area (Å²) in [6.45, 7) is 1.87. The van der Waals surface area contributed by atoms with Crippen molar-refractivity contribution in [2.45, 2.75) is 44.3 Å². The first-order valence-electron chi connectivity index (χ1n) is 11.3. The van der Waals surface area contributed by atoms with E-state index in [1.54, 1.807) is 12.2 Å². The molecule has 0 heterocycles. The number of carbonyl (C=O) groups is 3. The predicted octanol–water partition coefficient (Wildman–Crippen LogP) is 4.46. The maximum atomic E-state index is 13.0. The third kappa shape index (κ3) is 6.74. The number of fused-ring (bicyclic) bond motifs is 3. The van der Waals surface area contributed by atoms with Gasteiger partial charge in [0.2, 0.25) is 5.91 Å². The van der Waals surface area contributed by atoms with E-state index in [1.807, 2.05) is 48.5 Å². The van der Waals surface area contributed by atoms with E-state index >= 15 is 0 Å². The minimum Gasteiger partial charge on any atom is -0.481 e. The number of amides is 2. The molecule has 0 bridgehead atoms. The van der Waals surface area contributed by atoms with Crippen LogP contribution in [-0.2, 0) is 14.3 Å². The molecule has 1 aliphatic rings. The molecule has 0 spiro atoms. The van der Waals surface area contributed by atoms with Crippen LogP contribution in [-0.4, -0.2) is 48.4 Å². The summed E-state index contributed by atoms with van der Waals surface area (Å²) in [5.41, 5.74) is 4.30. The maximum absolute atomic E-state index is 13.0. The molecule has 0 fully saturated rings. The molecule has 1 aliphatic carbocycles. The standard InChI is InChI=1S/C25H27F3N2O5/c1-2-15(11-22(31)30-21(12-23(32)33)25(26,27)28)13-29-24(34)35-14-20-18-9-5-3-7-16(18)17-8-4-6-10-19(17)20/h3-10,15,20-21H,2,11-14H2,1H3,(H,29,34)(H,30,31)(H,32,33). The number of nitrogens with one attached hydrogen (secondary N) is 2. The van der Waals surface area contributed by atoms with Gasteiger partial charge in [0.15, 0.2) is 0 Å². The molecule has 0 aliphatic heterocycles. The topological polar surface area (TPSA) is 105 Å². The van der Waals surface area contributed by atoms with Crippen molar-refractivity contribution in [3.05, 3.63) is 59.7 Å². The van der Waals surface area contributed by atoms with Crippen LogP contribution in [0, 0.1) is 5.92 Å². The van der Waals surface area contributed by atoms with E-state index in [2.05, 4.69) is 5.32 Å². The van der Waals surface area contributed by atoms with Gasteiger partial charge in [-0.25, -0.2) is 4.79 Å². The number of alkyl halides is 3. The summed E-state index contributed by atoms with van der Waals surface area (Å²) < 4.78 is 44.3. The van der Waals surface area contributed by atoms with E-state index < -0.39 is 42.5 Å². The van der Waals surface area contributed by atoms with Gasteiger partial charge in [-0.2, -0.15) is 13.2 Å². The Morgan fingerprint density at radius 1 is 1.00 bits per heavy atom. The number of carboxylic acids is 1. The van der Waals surface area contributed by atoms with Crippen molar-refractivity contribution in [1.82, 2.24) is 10.6 Å².